The first kappa shape index (κ1) is 28.4. The smallest absolute Gasteiger partial charge is 0.267 e. The number of hydrogen-bond donors (Lipinski definition) is 1. The predicted octanol–water partition coefficient (Wildman–Crippen LogP) is 5.22. The highest BCUT2D eigenvalue weighted by molar-refractivity contribution is 7.92. The van der Waals surface area contributed by atoms with Crippen LogP contribution in [0.15, 0.2) is 59.5 Å². The second-order valence-electron chi connectivity index (χ2n) is 11.3. The van der Waals surface area contributed by atoms with Gasteiger partial charge < -0.3 is 19.3 Å². The van der Waals surface area contributed by atoms with E-state index in [-0.39, 0.29) is 17.7 Å². The van der Waals surface area contributed by atoms with Crippen molar-refractivity contribution in [2.24, 2.45) is 0 Å². The van der Waals surface area contributed by atoms with Crippen molar-refractivity contribution in [2.45, 2.75) is 55.1 Å². The molecule has 11 heteroatoms. The Kier molecular flexibility index (Phi) is 7.34. The Hall–Kier alpha value is -3.70. The fraction of sp³-hybridized carbons (Fsp3) is 0.387. The molecule has 3 aromatic rings. The zero-order valence-electron chi connectivity index (χ0n) is 23.5. The largest absolute Gasteiger partial charge is 0.497 e. The molecule has 2 fully saturated rings. The summed E-state index contributed by atoms with van der Waals surface area (Å²) in [5.74, 6) is -1.37. The van der Waals surface area contributed by atoms with Crippen LogP contribution in [0.1, 0.15) is 43.2 Å². The highest BCUT2D eigenvalue weighted by Gasteiger charge is 2.55. The lowest BCUT2D eigenvalue weighted by atomic mass is 9.65. The van der Waals surface area contributed by atoms with Crippen LogP contribution in [0.25, 0.3) is 0 Å². The molecule has 8 nitrogen and oxygen atoms in total. The Morgan fingerprint density at radius 1 is 1.02 bits per heavy atom. The fourth-order valence-corrected chi connectivity index (χ4v) is 7.36. The fourth-order valence-electron chi connectivity index (χ4n) is 6.18. The number of piperidine rings is 1. The van der Waals surface area contributed by atoms with E-state index in [0.717, 1.165) is 56.1 Å². The number of nitrogens with one attached hydrogen (secondary N) is 1. The summed E-state index contributed by atoms with van der Waals surface area (Å²) in [6.45, 7) is 1.97. The minimum atomic E-state index is -4.63. The number of hydrogen-bond acceptors (Lipinski definition) is 6. The van der Waals surface area contributed by atoms with Gasteiger partial charge >= 0.3 is 0 Å². The minimum absolute atomic E-state index is 0.0621. The van der Waals surface area contributed by atoms with Crippen LogP contribution in [0.5, 0.6) is 11.5 Å². The molecule has 1 amide bonds. The summed E-state index contributed by atoms with van der Waals surface area (Å²) in [7, 11) is -0.996. The molecule has 3 aromatic carbocycles. The number of rotatable bonds is 8. The average molecular weight is 598 g/mol. The molecule has 3 aliphatic rings. The number of nitrogens with zero attached hydrogens (tertiary/aromatic N) is 2. The van der Waals surface area contributed by atoms with Gasteiger partial charge in [-0.25, -0.2) is 17.2 Å². The van der Waals surface area contributed by atoms with Crippen LogP contribution in [-0.2, 0) is 26.8 Å². The maximum Gasteiger partial charge on any atom is 0.267 e. The molecule has 1 saturated carbocycles. The van der Waals surface area contributed by atoms with Gasteiger partial charge in [-0.05, 0) is 74.2 Å². The molecule has 0 bridgehead atoms. The number of fused-ring (bicyclic) bond motifs is 2. The number of likely N-dealkylation sites (tertiary alicyclic amines) is 1. The summed E-state index contributed by atoms with van der Waals surface area (Å²) in [6.07, 6.45) is 3.46. The van der Waals surface area contributed by atoms with Crippen LogP contribution in [0.4, 0.5) is 20.2 Å². The Balaban J connectivity index is 1.44. The van der Waals surface area contributed by atoms with Crippen LogP contribution in [0.2, 0.25) is 0 Å². The maximum absolute atomic E-state index is 14.5. The molecule has 1 spiro atoms. The van der Waals surface area contributed by atoms with Crippen molar-refractivity contribution in [1.29, 1.82) is 0 Å². The van der Waals surface area contributed by atoms with E-state index in [1.165, 1.54) is 6.07 Å². The van der Waals surface area contributed by atoms with Gasteiger partial charge in [-0.2, -0.15) is 0 Å². The van der Waals surface area contributed by atoms with Crippen LogP contribution in [0, 0.1) is 11.6 Å². The van der Waals surface area contributed by atoms with E-state index in [9.17, 15) is 22.0 Å². The molecule has 0 aromatic heterocycles. The van der Waals surface area contributed by atoms with Gasteiger partial charge in [0.05, 0.1) is 30.4 Å². The lowest BCUT2D eigenvalue weighted by molar-refractivity contribution is -0.126. The molecule has 42 heavy (non-hydrogen) atoms. The summed E-state index contributed by atoms with van der Waals surface area (Å²) in [5, 5.41) is 0. The monoisotopic (exact) mass is 597 g/mol. The molecule has 2 heterocycles. The van der Waals surface area contributed by atoms with Gasteiger partial charge in [-0.3, -0.25) is 9.52 Å². The van der Waals surface area contributed by atoms with Gasteiger partial charge in [0.1, 0.15) is 29.2 Å². The molecule has 1 aliphatic carbocycles. The van der Waals surface area contributed by atoms with Crippen molar-refractivity contribution in [2.75, 3.05) is 36.9 Å². The summed E-state index contributed by atoms with van der Waals surface area (Å²) in [5.41, 5.74) is 1.47. The van der Waals surface area contributed by atoms with Crippen LogP contribution in [-0.4, -0.2) is 52.6 Å². The number of carbonyl (C=O) groups excluding carboxylic acids is 1. The number of benzene rings is 3. The van der Waals surface area contributed by atoms with Gasteiger partial charge in [0, 0.05) is 19.2 Å². The van der Waals surface area contributed by atoms with E-state index in [1.54, 1.807) is 18.1 Å². The van der Waals surface area contributed by atoms with E-state index in [1.807, 2.05) is 31.3 Å². The normalized spacial score (nSPS) is 18.6. The third kappa shape index (κ3) is 4.98. The van der Waals surface area contributed by atoms with E-state index in [0.29, 0.717) is 42.1 Å². The molecule has 0 unspecified atom stereocenters. The molecule has 222 valence electrons. The summed E-state index contributed by atoms with van der Waals surface area (Å²) >= 11 is 0. The van der Waals surface area contributed by atoms with E-state index in [4.69, 9.17) is 9.47 Å². The van der Waals surface area contributed by atoms with Crippen molar-refractivity contribution in [3.05, 3.63) is 77.4 Å². The number of methoxy groups -OCH3 is 1. The first-order valence-corrected chi connectivity index (χ1v) is 15.5. The molecule has 0 atom stereocenters. The number of carbonyl (C=O) groups is 1. The second kappa shape index (κ2) is 10.9. The highest BCUT2D eigenvalue weighted by Crippen LogP contribution is 2.57. The third-order valence-electron chi connectivity index (χ3n) is 8.62. The Bertz CT molecular complexity index is 1600. The second-order valence-corrected chi connectivity index (χ2v) is 12.9. The first-order chi connectivity index (χ1) is 20.1. The highest BCUT2D eigenvalue weighted by atomic mass is 32.2. The average Bonchev–Trinajstić information content (AvgIpc) is 3.17. The summed E-state index contributed by atoms with van der Waals surface area (Å²) in [4.78, 5) is 17.0. The summed E-state index contributed by atoms with van der Waals surface area (Å²) < 4.78 is 69.6. The Morgan fingerprint density at radius 3 is 2.29 bits per heavy atom. The molecule has 0 radical (unpaired) electrons. The number of ether oxygens (including phenoxy) is 2. The SMILES string of the molecule is COc1ccc(CN2C(=O)C3(CCC3)c3cc(NS(=O)(=O)c4c(F)cccc4F)cc(OC4CCN(C)CC4)c32)cc1. The molecule has 1 N–H and O–H groups in total. The number of anilines is 2. The molecule has 2 aliphatic heterocycles. The quantitative estimate of drug-likeness (QED) is 0.384. The number of amides is 1. The lowest BCUT2D eigenvalue weighted by Crippen LogP contribution is -2.44. The molecular formula is C31H33F2N3O5S. The van der Waals surface area contributed by atoms with Crippen molar-refractivity contribution in [3.63, 3.8) is 0 Å². The van der Waals surface area contributed by atoms with Crippen LogP contribution >= 0.6 is 0 Å². The van der Waals surface area contributed by atoms with Gasteiger partial charge in [-0.15, -0.1) is 0 Å². The Morgan fingerprint density at radius 2 is 1.69 bits per heavy atom. The van der Waals surface area contributed by atoms with Gasteiger partial charge in [0.25, 0.3) is 10.0 Å². The van der Waals surface area contributed by atoms with Crippen molar-refractivity contribution < 1.29 is 31.5 Å². The van der Waals surface area contributed by atoms with E-state index >= 15 is 0 Å². The lowest BCUT2D eigenvalue weighted by Gasteiger charge is -2.37. The topological polar surface area (TPSA) is 88.2 Å². The molecular weight excluding hydrogens is 564 g/mol. The Labute approximate surface area is 244 Å². The maximum atomic E-state index is 14.5. The zero-order chi connectivity index (χ0) is 29.6. The van der Waals surface area contributed by atoms with Crippen LogP contribution < -0.4 is 19.1 Å². The van der Waals surface area contributed by atoms with Gasteiger partial charge in [-0.1, -0.05) is 24.6 Å². The molecule has 1 saturated heterocycles. The minimum Gasteiger partial charge on any atom is -0.497 e. The standard InChI is InChI=1S/C31H33F2N3O5S/c1-35-15-11-23(12-16-35)41-27-18-21(34-42(38,39)29-25(32)5-3-6-26(29)33)17-24-28(27)36(30(37)31(24)13-4-14-31)19-20-7-9-22(40-2)10-8-20/h3,5-10,17-18,23,34H,4,11-16,19H2,1-2H3. The van der Waals surface area contributed by atoms with Gasteiger partial charge in [0.15, 0.2) is 4.90 Å². The third-order valence-corrected chi connectivity index (χ3v) is 10.1. The predicted molar refractivity (Wildman–Crippen MR) is 154 cm³/mol. The number of halogens is 2. The van der Waals surface area contributed by atoms with E-state index in [2.05, 4.69) is 9.62 Å². The number of sulfonamides is 1. The zero-order valence-corrected chi connectivity index (χ0v) is 24.3. The summed E-state index contributed by atoms with van der Waals surface area (Å²) in [6, 6.07) is 13.5. The van der Waals surface area contributed by atoms with Crippen molar-refractivity contribution in [1.82, 2.24) is 4.90 Å². The van der Waals surface area contributed by atoms with E-state index < -0.39 is 32.0 Å². The van der Waals surface area contributed by atoms with Crippen molar-refractivity contribution in [3.8, 4) is 11.5 Å². The van der Waals surface area contributed by atoms with Crippen LogP contribution in [0.3, 0.4) is 0 Å². The van der Waals surface area contributed by atoms with Gasteiger partial charge in [0.2, 0.25) is 5.91 Å². The van der Waals surface area contributed by atoms with Crippen molar-refractivity contribution >= 4 is 27.3 Å². The molecule has 6 rings (SSSR count). The first-order valence-electron chi connectivity index (χ1n) is 14.1.